The Morgan fingerprint density at radius 3 is 2.42 bits per heavy atom. The molecule has 0 aliphatic heterocycles. The van der Waals surface area contributed by atoms with Crippen molar-refractivity contribution in [1.29, 1.82) is 0 Å². The standard InChI is InChI=1S/C18H19BrN2O3/c1-12(2)24-16-10-6-3-7-13(16)11-20-17(22)18(23)21-15-9-5-4-8-14(15)19/h3-10,12H,11H2,1-2H3,(H,20,22)(H,21,23). The summed E-state index contributed by atoms with van der Waals surface area (Å²) in [5.41, 5.74) is 1.36. The highest BCUT2D eigenvalue weighted by Gasteiger charge is 2.15. The van der Waals surface area contributed by atoms with Crippen LogP contribution in [0.3, 0.4) is 0 Å². The molecule has 2 aromatic rings. The van der Waals surface area contributed by atoms with Crippen LogP contribution in [0.2, 0.25) is 0 Å². The molecule has 2 N–H and O–H groups in total. The maximum absolute atomic E-state index is 12.0. The number of carbonyl (C=O) groups is 2. The first-order chi connectivity index (χ1) is 11.5. The van der Waals surface area contributed by atoms with Crippen molar-refractivity contribution in [3.05, 3.63) is 58.6 Å². The van der Waals surface area contributed by atoms with E-state index in [0.717, 1.165) is 5.56 Å². The van der Waals surface area contributed by atoms with Gasteiger partial charge in [-0.25, -0.2) is 0 Å². The fraction of sp³-hybridized carbons (Fsp3) is 0.222. The van der Waals surface area contributed by atoms with E-state index in [1.165, 1.54) is 0 Å². The molecule has 0 radical (unpaired) electrons. The second kappa shape index (κ2) is 8.49. The van der Waals surface area contributed by atoms with E-state index in [0.29, 0.717) is 15.9 Å². The number of anilines is 1. The van der Waals surface area contributed by atoms with E-state index in [1.54, 1.807) is 18.2 Å². The summed E-state index contributed by atoms with van der Waals surface area (Å²) in [5, 5.41) is 5.17. The molecule has 0 aliphatic rings. The van der Waals surface area contributed by atoms with E-state index in [-0.39, 0.29) is 12.6 Å². The summed E-state index contributed by atoms with van der Waals surface area (Å²) in [6.45, 7) is 4.08. The number of amides is 2. The van der Waals surface area contributed by atoms with Gasteiger partial charge in [-0.1, -0.05) is 30.3 Å². The number of carbonyl (C=O) groups excluding carboxylic acids is 2. The minimum absolute atomic E-state index is 0.0283. The summed E-state index contributed by atoms with van der Waals surface area (Å²) in [6, 6.07) is 14.5. The van der Waals surface area contributed by atoms with Crippen LogP contribution in [-0.4, -0.2) is 17.9 Å². The molecule has 0 saturated carbocycles. The van der Waals surface area contributed by atoms with Gasteiger partial charge in [-0.2, -0.15) is 0 Å². The van der Waals surface area contributed by atoms with Crippen LogP contribution in [-0.2, 0) is 16.1 Å². The predicted molar refractivity (Wildman–Crippen MR) is 96.8 cm³/mol. The molecule has 5 nitrogen and oxygen atoms in total. The van der Waals surface area contributed by atoms with E-state index in [2.05, 4.69) is 26.6 Å². The molecule has 0 bridgehead atoms. The van der Waals surface area contributed by atoms with Crippen molar-refractivity contribution >= 4 is 33.4 Å². The number of hydrogen-bond acceptors (Lipinski definition) is 3. The predicted octanol–water partition coefficient (Wildman–Crippen LogP) is 3.49. The highest BCUT2D eigenvalue weighted by atomic mass is 79.9. The van der Waals surface area contributed by atoms with Gasteiger partial charge >= 0.3 is 11.8 Å². The Hall–Kier alpha value is -2.34. The van der Waals surface area contributed by atoms with Crippen LogP contribution in [0, 0.1) is 0 Å². The van der Waals surface area contributed by atoms with Gasteiger partial charge in [0.2, 0.25) is 0 Å². The lowest BCUT2D eigenvalue weighted by molar-refractivity contribution is -0.136. The molecule has 24 heavy (non-hydrogen) atoms. The summed E-state index contributed by atoms with van der Waals surface area (Å²) in [6.07, 6.45) is 0.0283. The molecule has 2 aromatic carbocycles. The molecular weight excluding hydrogens is 372 g/mol. The molecule has 0 spiro atoms. The van der Waals surface area contributed by atoms with Gasteiger partial charge in [-0.3, -0.25) is 9.59 Å². The van der Waals surface area contributed by atoms with Gasteiger partial charge < -0.3 is 15.4 Å². The molecule has 0 atom stereocenters. The van der Waals surface area contributed by atoms with Gasteiger partial charge in [0.25, 0.3) is 0 Å². The first-order valence-corrected chi connectivity index (χ1v) is 8.35. The van der Waals surface area contributed by atoms with Crippen molar-refractivity contribution < 1.29 is 14.3 Å². The van der Waals surface area contributed by atoms with Crippen molar-refractivity contribution in [3.63, 3.8) is 0 Å². The van der Waals surface area contributed by atoms with Crippen molar-refractivity contribution in [1.82, 2.24) is 5.32 Å². The van der Waals surface area contributed by atoms with Crippen LogP contribution in [0.15, 0.2) is 53.0 Å². The monoisotopic (exact) mass is 390 g/mol. The van der Waals surface area contributed by atoms with Gasteiger partial charge in [-0.15, -0.1) is 0 Å². The third-order valence-electron chi connectivity index (χ3n) is 3.10. The van der Waals surface area contributed by atoms with E-state index < -0.39 is 11.8 Å². The van der Waals surface area contributed by atoms with Crippen LogP contribution >= 0.6 is 15.9 Å². The molecular formula is C18H19BrN2O3. The lowest BCUT2D eigenvalue weighted by Gasteiger charge is -2.14. The number of halogens is 1. The SMILES string of the molecule is CC(C)Oc1ccccc1CNC(=O)C(=O)Nc1ccccc1Br. The van der Waals surface area contributed by atoms with Crippen LogP contribution in [0.25, 0.3) is 0 Å². The lowest BCUT2D eigenvalue weighted by Crippen LogP contribution is -2.35. The molecule has 0 heterocycles. The third kappa shape index (κ3) is 5.09. The second-order valence-electron chi connectivity index (χ2n) is 5.39. The zero-order chi connectivity index (χ0) is 17.5. The summed E-state index contributed by atoms with van der Waals surface area (Å²) < 4.78 is 6.40. The number of ether oxygens (including phenoxy) is 1. The van der Waals surface area contributed by atoms with Crippen molar-refractivity contribution in [2.75, 3.05) is 5.32 Å². The molecule has 126 valence electrons. The quantitative estimate of drug-likeness (QED) is 0.767. The maximum Gasteiger partial charge on any atom is 0.313 e. The Balaban J connectivity index is 1.96. The summed E-state index contributed by atoms with van der Waals surface area (Å²) in [4.78, 5) is 24.0. The molecule has 0 aliphatic carbocycles. The number of hydrogen-bond donors (Lipinski definition) is 2. The topological polar surface area (TPSA) is 67.4 Å². The summed E-state index contributed by atoms with van der Waals surface area (Å²) >= 11 is 3.32. The first-order valence-electron chi connectivity index (χ1n) is 7.55. The number of nitrogens with one attached hydrogen (secondary N) is 2. The smallest absolute Gasteiger partial charge is 0.313 e. The molecule has 0 saturated heterocycles. The van der Waals surface area contributed by atoms with Gasteiger partial charge in [0, 0.05) is 16.6 Å². The Morgan fingerprint density at radius 1 is 1.04 bits per heavy atom. The highest BCUT2D eigenvalue weighted by molar-refractivity contribution is 9.10. The van der Waals surface area contributed by atoms with Crippen LogP contribution in [0.5, 0.6) is 5.75 Å². The van der Waals surface area contributed by atoms with E-state index in [4.69, 9.17) is 4.74 Å². The average Bonchev–Trinajstić information content (AvgIpc) is 2.55. The van der Waals surface area contributed by atoms with Gasteiger partial charge in [-0.05, 0) is 48.0 Å². The molecule has 0 unspecified atom stereocenters. The molecule has 0 aromatic heterocycles. The van der Waals surface area contributed by atoms with Crippen LogP contribution in [0.1, 0.15) is 19.4 Å². The largest absolute Gasteiger partial charge is 0.491 e. The normalized spacial score (nSPS) is 10.3. The molecule has 2 rings (SSSR count). The van der Waals surface area contributed by atoms with Crippen LogP contribution < -0.4 is 15.4 Å². The fourth-order valence-corrected chi connectivity index (χ4v) is 2.40. The zero-order valence-corrected chi connectivity index (χ0v) is 15.1. The maximum atomic E-state index is 12.0. The van der Waals surface area contributed by atoms with Gasteiger partial charge in [0.15, 0.2) is 0 Å². The van der Waals surface area contributed by atoms with Crippen LogP contribution in [0.4, 0.5) is 5.69 Å². The fourth-order valence-electron chi connectivity index (χ4n) is 2.02. The number of rotatable bonds is 5. The molecule has 2 amide bonds. The Labute approximate surface area is 149 Å². The van der Waals surface area contributed by atoms with Crippen molar-refractivity contribution in [2.45, 2.75) is 26.5 Å². The van der Waals surface area contributed by atoms with E-state index >= 15 is 0 Å². The zero-order valence-electron chi connectivity index (χ0n) is 13.5. The Morgan fingerprint density at radius 2 is 1.71 bits per heavy atom. The lowest BCUT2D eigenvalue weighted by atomic mass is 10.2. The van der Waals surface area contributed by atoms with E-state index in [9.17, 15) is 9.59 Å². The third-order valence-corrected chi connectivity index (χ3v) is 3.79. The highest BCUT2D eigenvalue weighted by Crippen LogP contribution is 2.21. The first kappa shape index (κ1) is 18.0. The van der Waals surface area contributed by atoms with E-state index in [1.807, 2.05) is 44.2 Å². The minimum Gasteiger partial charge on any atom is -0.491 e. The summed E-state index contributed by atoms with van der Waals surface area (Å²) in [5.74, 6) is -0.728. The Kier molecular flexibility index (Phi) is 6.37. The minimum atomic E-state index is -0.718. The number of benzene rings is 2. The van der Waals surface area contributed by atoms with Crippen molar-refractivity contribution in [3.8, 4) is 5.75 Å². The molecule has 0 fully saturated rings. The Bertz CT molecular complexity index is 732. The summed E-state index contributed by atoms with van der Waals surface area (Å²) in [7, 11) is 0. The van der Waals surface area contributed by atoms with Gasteiger partial charge in [0.05, 0.1) is 11.8 Å². The second-order valence-corrected chi connectivity index (χ2v) is 6.25. The average molecular weight is 391 g/mol. The molecule has 6 heteroatoms. The van der Waals surface area contributed by atoms with Gasteiger partial charge in [0.1, 0.15) is 5.75 Å². The number of para-hydroxylation sites is 2. The van der Waals surface area contributed by atoms with Crippen molar-refractivity contribution in [2.24, 2.45) is 0 Å².